The van der Waals surface area contributed by atoms with Crippen LogP contribution in [0.5, 0.6) is 5.75 Å². The zero-order chi connectivity index (χ0) is 18.8. The van der Waals surface area contributed by atoms with Gasteiger partial charge in [-0.2, -0.15) is 0 Å². The van der Waals surface area contributed by atoms with Crippen LogP contribution in [0.1, 0.15) is 56.7 Å². The van der Waals surface area contributed by atoms with Gasteiger partial charge in [-0.3, -0.25) is 5.32 Å². The van der Waals surface area contributed by atoms with E-state index in [2.05, 4.69) is 12.2 Å². The van der Waals surface area contributed by atoms with Crippen LogP contribution >= 0.6 is 0 Å². The third-order valence-corrected chi connectivity index (χ3v) is 7.33. The fourth-order valence-electron chi connectivity index (χ4n) is 3.85. The van der Waals surface area contributed by atoms with E-state index in [0.29, 0.717) is 5.56 Å². The molecule has 3 rings (SSSR count). The molecule has 0 aliphatic carbocycles. The summed E-state index contributed by atoms with van der Waals surface area (Å²) < 4.78 is 26.4. The molecule has 1 aliphatic heterocycles. The Morgan fingerprint density at radius 2 is 1.88 bits per heavy atom. The van der Waals surface area contributed by atoms with E-state index in [-0.39, 0.29) is 22.4 Å². The van der Waals surface area contributed by atoms with Crippen molar-refractivity contribution in [3.8, 4) is 5.75 Å². The van der Waals surface area contributed by atoms with E-state index in [9.17, 15) is 13.5 Å². The number of hydrogen-bond donors (Lipinski definition) is 2. The number of aromatic hydroxyl groups is 1. The lowest BCUT2D eigenvalue weighted by atomic mass is 9.88. The molecular weight excluding hydrogens is 346 g/mol. The number of fused-ring (bicyclic) bond motifs is 1. The molecule has 2 aromatic rings. The summed E-state index contributed by atoms with van der Waals surface area (Å²) >= 11 is 0. The van der Waals surface area contributed by atoms with Gasteiger partial charge in [-0.1, -0.05) is 63.1 Å². The molecule has 0 saturated heterocycles. The highest BCUT2D eigenvalue weighted by atomic mass is 32.2. The summed E-state index contributed by atoms with van der Waals surface area (Å²) in [5, 5.41) is 13.6. The van der Waals surface area contributed by atoms with Crippen molar-refractivity contribution in [1.82, 2.24) is 5.32 Å². The zero-order valence-electron chi connectivity index (χ0n) is 15.4. The highest BCUT2D eigenvalue weighted by Crippen LogP contribution is 2.39. The van der Waals surface area contributed by atoms with Gasteiger partial charge < -0.3 is 5.11 Å². The van der Waals surface area contributed by atoms with Gasteiger partial charge in [0.25, 0.3) is 0 Å². The summed E-state index contributed by atoms with van der Waals surface area (Å²) in [5.74, 6) is 0.0349. The third kappa shape index (κ3) is 3.64. The van der Waals surface area contributed by atoms with Crippen molar-refractivity contribution in [2.75, 3.05) is 5.75 Å². The second kappa shape index (κ2) is 7.41. The first kappa shape index (κ1) is 18.9. The lowest BCUT2D eigenvalue weighted by molar-refractivity contribution is 0.295. The van der Waals surface area contributed by atoms with E-state index in [1.807, 2.05) is 37.3 Å². The van der Waals surface area contributed by atoms with Gasteiger partial charge in [0, 0.05) is 5.54 Å². The molecule has 1 heterocycles. The van der Waals surface area contributed by atoms with Crippen molar-refractivity contribution in [2.24, 2.45) is 0 Å². The Balaban J connectivity index is 2.20. The van der Waals surface area contributed by atoms with Crippen molar-refractivity contribution in [1.29, 1.82) is 0 Å². The molecule has 2 N–H and O–H groups in total. The molecule has 0 bridgehead atoms. The summed E-state index contributed by atoms with van der Waals surface area (Å²) in [6.45, 7) is 4.17. The number of unbranched alkanes of at least 4 members (excludes halogenated alkanes) is 1. The van der Waals surface area contributed by atoms with E-state index < -0.39 is 15.4 Å². The monoisotopic (exact) mass is 373 g/mol. The van der Waals surface area contributed by atoms with Crippen LogP contribution in [0.4, 0.5) is 0 Å². The first-order valence-corrected chi connectivity index (χ1v) is 10.9. The van der Waals surface area contributed by atoms with Crippen LogP contribution in [0.25, 0.3) is 0 Å². The smallest absolute Gasteiger partial charge is 0.180 e. The number of phenols is 1. The average molecular weight is 374 g/mol. The Hall–Kier alpha value is -1.85. The van der Waals surface area contributed by atoms with Crippen LogP contribution in [-0.2, 0) is 9.84 Å². The van der Waals surface area contributed by atoms with Crippen LogP contribution in [0.3, 0.4) is 0 Å². The zero-order valence-corrected chi connectivity index (χ0v) is 16.2. The molecule has 0 aromatic heterocycles. The van der Waals surface area contributed by atoms with Crippen molar-refractivity contribution < 1.29 is 13.5 Å². The highest BCUT2D eigenvalue weighted by Gasteiger charge is 2.41. The van der Waals surface area contributed by atoms with Gasteiger partial charge in [-0.25, -0.2) is 8.42 Å². The SMILES string of the molecule is CCCC[C@@]1(CC)CS(=O)(=O)c2cc(O)ccc2[C@H](c2ccccc2)N1. The van der Waals surface area contributed by atoms with Gasteiger partial charge in [0.15, 0.2) is 9.84 Å². The topological polar surface area (TPSA) is 66.4 Å². The quantitative estimate of drug-likeness (QED) is 0.824. The van der Waals surface area contributed by atoms with Crippen molar-refractivity contribution in [3.63, 3.8) is 0 Å². The molecule has 2 aromatic carbocycles. The molecule has 0 saturated carbocycles. The Labute approximate surface area is 156 Å². The van der Waals surface area contributed by atoms with Crippen LogP contribution in [0.15, 0.2) is 53.4 Å². The molecule has 2 atom stereocenters. The van der Waals surface area contributed by atoms with Gasteiger partial charge in [0.2, 0.25) is 0 Å². The normalized spacial score (nSPS) is 24.6. The lowest BCUT2D eigenvalue weighted by Gasteiger charge is -2.35. The lowest BCUT2D eigenvalue weighted by Crippen LogP contribution is -2.50. The largest absolute Gasteiger partial charge is 0.508 e. The molecule has 140 valence electrons. The van der Waals surface area contributed by atoms with E-state index in [4.69, 9.17) is 0 Å². The maximum absolute atomic E-state index is 13.2. The number of phenolic OH excluding ortho intramolecular Hbond substituents is 1. The summed E-state index contributed by atoms with van der Waals surface area (Å²) in [6, 6.07) is 14.4. The molecule has 4 nitrogen and oxygen atoms in total. The van der Waals surface area contributed by atoms with Gasteiger partial charge in [-0.15, -0.1) is 0 Å². The van der Waals surface area contributed by atoms with E-state index in [1.165, 1.54) is 6.07 Å². The summed E-state index contributed by atoms with van der Waals surface area (Å²) in [6.07, 6.45) is 3.53. The highest BCUT2D eigenvalue weighted by molar-refractivity contribution is 7.91. The molecule has 0 unspecified atom stereocenters. The fraction of sp³-hybridized carbons (Fsp3) is 0.429. The van der Waals surface area contributed by atoms with Crippen molar-refractivity contribution in [2.45, 2.75) is 56.0 Å². The Kier molecular flexibility index (Phi) is 5.39. The van der Waals surface area contributed by atoms with Crippen molar-refractivity contribution in [3.05, 3.63) is 59.7 Å². The van der Waals surface area contributed by atoms with Gasteiger partial charge in [0.05, 0.1) is 16.7 Å². The molecule has 0 radical (unpaired) electrons. The first-order valence-electron chi connectivity index (χ1n) is 9.29. The van der Waals surface area contributed by atoms with Gasteiger partial charge in [-0.05, 0) is 36.1 Å². The van der Waals surface area contributed by atoms with E-state index in [1.54, 1.807) is 12.1 Å². The summed E-state index contributed by atoms with van der Waals surface area (Å²) in [7, 11) is -3.51. The number of sulfone groups is 1. The molecular formula is C21H27NO3S. The second-order valence-electron chi connectivity index (χ2n) is 7.21. The number of nitrogens with one attached hydrogen (secondary N) is 1. The Morgan fingerprint density at radius 1 is 1.15 bits per heavy atom. The second-order valence-corrected chi connectivity index (χ2v) is 9.16. The Bertz CT molecular complexity index is 864. The number of benzene rings is 2. The summed E-state index contributed by atoms with van der Waals surface area (Å²) in [4.78, 5) is 0.241. The van der Waals surface area contributed by atoms with Crippen LogP contribution in [0, 0.1) is 0 Å². The summed E-state index contributed by atoms with van der Waals surface area (Å²) in [5.41, 5.74) is 1.26. The minimum Gasteiger partial charge on any atom is -0.508 e. The van der Waals surface area contributed by atoms with Crippen molar-refractivity contribution >= 4 is 9.84 Å². The molecule has 0 amide bonds. The van der Waals surface area contributed by atoms with Crippen LogP contribution < -0.4 is 5.32 Å². The number of rotatable bonds is 5. The molecule has 5 heteroatoms. The van der Waals surface area contributed by atoms with Gasteiger partial charge >= 0.3 is 0 Å². The molecule has 0 spiro atoms. The number of hydrogen-bond acceptors (Lipinski definition) is 4. The maximum Gasteiger partial charge on any atom is 0.180 e. The standard InChI is InChI=1S/C21H27NO3S/c1-3-5-13-21(4-2)15-26(24,25)19-14-17(23)11-12-18(19)20(22-21)16-9-7-6-8-10-16/h6-12,14,20,22-23H,3-5,13,15H2,1-2H3/t20-,21-/m0/s1. The predicted octanol–water partition coefficient (Wildman–Crippen LogP) is 4.20. The minimum atomic E-state index is -3.51. The van der Waals surface area contributed by atoms with Crippen LogP contribution in [0.2, 0.25) is 0 Å². The first-order chi connectivity index (χ1) is 12.4. The minimum absolute atomic E-state index is 0.0170. The molecule has 26 heavy (non-hydrogen) atoms. The van der Waals surface area contributed by atoms with E-state index >= 15 is 0 Å². The predicted molar refractivity (Wildman–Crippen MR) is 104 cm³/mol. The van der Waals surface area contributed by atoms with Crippen LogP contribution in [-0.4, -0.2) is 24.8 Å². The molecule has 1 aliphatic rings. The Morgan fingerprint density at radius 3 is 2.54 bits per heavy atom. The molecule has 0 fully saturated rings. The average Bonchev–Trinajstić information content (AvgIpc) is 2.74. The van der Waals surface area contributed by atoms with Gasteiger partial charge in [0.1, 0.15) is 5.75 Å². The third-order valence-electron chi connectivity index (χ3n) is 5.38. The van der Waals surface area contributed by atoms with E-state index in [0.717, 1.165) is 31.2 Å². The fourth-order valence-corrected chi connectivity index (χ4v) is 6.01. The maximum atomic E-state index is 13.2.